The number of allylic oxidation sites excluding steroid dienone is 10. The van der Waals surface area contributed by atoms with Crippen LogP contribution >= 0.6 is 7.26 Å². The minimum absolute atomic E-state index is 1.02. The summed E-state index contributed by atoms with van der Waals surface area (Å²) in [5.41, 5.74) is 3.12. The molecule has 0 nitrogen and oxygen atoms in total. The van der Waals surface area contributed by atoms with Gasteiger partial charge < -0.3 is 0 Å². The van der Waals surface area contributed by atoms with Crippen molar-refractivity contribution in [2.45, 2.75) is 97.8 Å². The predicted molar refractivity (Wildman–Crippen MR) is 179 cm³/mol. The molecule has 0 saturated heterocycles. The number of hydrogen-bond donors (Lipinski definition) is 0. The van der Waals surface area contributed by atoms with Gasteiger partial charge in [-0.3, -0.25) is 0 Å². The lowest BCUT2D eigenvalue weighted by atomic mass is 9.97. The van der Waals surface area contributed by atoms with Crippen LogP contribution in [-0.2, 0) is 0 Å². The third-order valence-electron chi connectivity index (χ3n) is 7.91. The van der Waals surface area contributed by atoms with Crippen molar-refractivity contribution in [1.82, 2.24) is 0 Å². The Bertz CT molecular complexity index is 1060. The van der Waals surface area contributed by atoms with Gasteiger partial charge in [0.25, 0.3) is 0 Å². The van der Waals surface area contributed by atoms with Crippen molar-refractivity contribution in [3.05, 3.63) is 120 Å². The molecule has 0 amide bonds. The minimum Gasteiger partial charge on any atom is -0.0813 e. The average molecular weight is 540 g/mol. The van der Waals surface area contributed by atoms with Crippen LogP contribution in [0.5, 0.6) is 0 Å². The predicted octanol–water partition coefficient (Wildman–Crippen LogP) is 11.3. The lowest BCUT2D eigenvalue weighted by Crippen LogP contribution is -2.26. The molecule has 0 atom stereocenters. The number of benzene rings is 2. The van der Waals surface area contributed by atoms with Gasteiger partial charge in [-0.2, -0.15) is 0 Å². The zero-order valence-corrected chi connectivity index (χ0v) is 25.8. The van der Waals surface area contributed by atoms with E-state index in [1.54, 1.807) is 5.57 Å². The van der Waals surface area contributed by atoms with Crippen molar-refractivity contribution in [2.75, 3.05) is 6.16 Å². The van der Waals surface area contributed by atoms with Gasteiger partial charge in [0.1, 0.15) is 23.2 Å². The van der Waals surface area contributed by atoms with Crippen molar-refractivity contribution in [3.63, 3.8) is 0 Å². The van der Waals surface area contributed by atoms with Gasteiger partial charge in [-0.15, -0.1) is 0 Å². The summed E-state index contributed by atoms with van der Waals surface area (Å²) >= 11 is 0. The highest BCUT2D eigenvalue weighted by Crippen LogP contribution is 2.64. The highest BCUT2D eigenvalue weighted by Gasteiger charge is 2.45. The third kappa shape index (κ3) is 9.61. The zero-order chi connectivity index (χ0) is 27.6. The molecule has 0 aliphatic heterocycles. The molecular weight excluding hydrogens is 487 g/mol. The van der Waals surface area contributed by atoms with Crippen LogP contribution in [0.25, 0.3) is 0 Å². The maximum absolute atomic E-state index is 2.50. The smallest absolute Gasteiger partial charge is 0.0813 e. The van der Waals surface area contributed by atoms with Crippen molar-refractivity contribution in [2.24, 2.45) is 0 Å². The Labute approximate surface area is 241 Å². The molecule has 39 heavy (non-hydrogen) atoms. The monoisotopic (exact) mass is 539 g/mol. The highest BCUT2D eigenvalue weighted by atomic mass is 31.2. The first kappa shape index (κ1) is 31.1. The van der Waals surface area contributed by atoms with Crippen LogP contribution in [0.3, 0.4) is 0 Å². The Kier molecular flexibility index (Phi) is 14.4. The molecule has 0 N–H and O–H groups in total. The zero-order valence-electron chi connectivity index (χ0n) is 25.0. The minimum atomic E-state index is -1.70. The molecule has 2 aromatic carbocycles. The summed E-state index contributed by atoms with van der Waals surface area (Å²) < 4.78 is 0. The Morgan fingerprint density at radius 2 is 1.31 bits per heavy atom. The van der Waals surface area contributed by atoms with E-state index in [0.717, 1.165) is 6.42 Å². The van der Waals surface area contributed by atoms with Crippen LogP contribution < -0.4 is 10.6 Å². The number of hydrogen-bond acceptors (Lipinski definition) is 0. The van der Waals surface area contributed by atoms with E-state index in [1.807, 2.05) is 0 Å². The molecule has 0 unspecified atom stereocenters. The van der Waals surface area contributed by atoms with Crippen molar-refractivity contribution in [3.8, 4) is 0 Å². The average Bonchev–Trinajstić information content (AvgIpc) is 3.28. The molecule has 2 aromatic rings. The maximum atomic E-state index is 2.50. The van der Waals surface area contributed by atoms with Gasteiger partial charge >= 0.3 is 0 Å². The fourth-order valence-electron chi connectivity index (χ4n) is 5.66. The molecule has 1 heteroatoms. The lowest BCUT2D eigenvalue weighted by molar-refractivity contribution is 0.608. The first-order chi connectivity index (χ1) is 19.2. The molecule has 0 spiro atoms. The summed E-state index contributed by atoms with van der Waals surface area (Å²) in [4.78, 5) is 0. The molecule has 1 aliphatic rings. The van der Waals surface area contributed by atoms with Crippen molar-refractivity contribution < 1.29 is 0 Å². The molecule has 0 heterocycles. The van der Waals surface area contributed by atoms with E-state index in [1.165, 1.54) is 98.3 Å². The van der Waals surface area contributed by atoms with Gasteiger partial charge in [-0.05, 0) is 93.9 Å². The van der Waals surface area contributed by atoms with Crippen molar-refractivity contribution in [1.29, 1.82) is 0 Å². The Morgan fingerprint density at radius 1 is 0.718 bits per heavy atom. The normalized spacial score (nSPS) is 14.4. The van der Waals surface area contributed by atoms with E-state index in [-0.39, 0.29) is 0 Å². The molecule has 3 rings (SSSR count). The fourth-order valence-corrected chi connectivity index (χ4v) is 10.1. The van der Waals surface area contributed by atoms with Crippen LogP contribution in [0.4, 0.5) is 0 Å². The summed E-state index contributed by atoms with van der Waals surface area (Å²) in [6.45, 7) is 6.87. The summed E-state index contributed by atoms with van der Waals surface area (Å²) in [5, 5.41) is 4.55. The number of rotatable bonds is 17. The second kappa shape index (κ2) is 18.0. The van der Waals surface area contributed by atoms with Crippen molar-refractivity contribution >= 4 is 17.9 Å². The lowest BCUT2D eigenvalue weighted by Gasteiger charge is -2.28. The molecule has 0 bridgehead atoms. The second-order valence-electron chi connectivity index (χ2n) is 10.9. The van der Waals surface area contributed by atoms with Gasteiger partial charge in [0.2, 0.25) is 0 Å². The van der Waals surface area contributed by atoms with E-state index >= 15 is 0 Å². The van der Waals surface area contributed by atoms with E-state index in [0.29, 0.717) is 0 Å². The Morgan fingerprint density at radius 3 is 1.95 bits per heavy atom. The first-order valence-corrected chi connectivity index (χ1v) is 17.6. The fraction of sp³-hybridized carbons (Fsp3) is 0.421. The van der Waals surface area contributed by atoms with Gasteiger partial charge in [0.05, 0.1) is 6.16 Å². The summed E-state index contributed by atoms with van der Waals surface area (Å²) in [6, 6.07) is 22.7. The van der Waals surface area contributed by atoms with E-state index < -0.39 is 7.26 Å². The van der Waals surface area contributed by atoms with Crippen LogP contribution in [0.2, 0.25) is 0 Å². The molecular formula is C38H52P+. The standard InChI is InChI=1S/C38H52P/c1-4-6-24-34(3)35(25-7-5-2)26-16-10-8-9-13-23-33-39(37-29-19-14-20-30-37,38-31-21-15-22-32-38)36-27-17-11-12-18-28-36/h11,14-15,17-22,24-25,27-32H,4-10,12-13,16,23,26,33H2,1-3H3/q+1/b34-24-,35-25-. The van der Waals surface area contributed by atoms with Crippen LogP contribution in [0.15, 0.2) is 120 Å². The second-order valence-corrected chi connectivity index (χ2v) is 14.5. The Balaban J connectivity index is 1.62. The molecule has 0 radical (unpaired) electrons. The van der Waals surface area contributed by atoms with Gasteiger partial charge in [0.15, 0.2) is 0 Å². The van der Waals surface area contributed by atoms with E-state index in [2.05, 4.69) is 124 Å². The largest absolute Gasteiger partial charge is 0.112 e. The third-order valence-corrected chi connectivity index (χ3v) is 12.4. The molecule has 1 aliphatic carbocycles. The highest BCUT2D eigenvalue weighted by molar-refractivity contribution is 7.93. The summed E-state index contributed by atoms with van der Waals surface area (Å²) in [5.74, 6) is 0. The maximum Gasteiger partial charge on any atom is 0.112 e. The molecule has 208 valence electrons. The summed E-state index contributed by atoms with van der Waals surface area (Å²) in [6.07, 6.45) is 33.1. The molecule has 0 fully saturated rings. The van der Waals surface area contributed by atoms with E-state index in [4.69, 9.17) is 0 Å². The van der Waals surface area contributed by atoms with Gasteiger partial charge in [0, 0.05) is 0 Å². The Hall–Kier alpha value is -2.43. The molecule has 0 aromatic heterocycles. The van der Waals surface area contributed by atoms with Crippen LogP contribution in [0.1, 0.15) is 97.8 Å². The molecule has 0 saturated carbocycles. The first-order valence-electron chi connectivity index (χ1n) is 15.6. The topological polar surface area (TPSA) is 0 Å². The van der Waals surface area contributed by atoms with Crippen LogP contribution in [-0.4, -0.2) is 6.16 Å². The van der Waals surface area contributed by atoms with Crippen LogP contribution in [0, 0.1) is 0 Å². The van der Waals surface area contributed by atoms with Gasteiger partial charge in [-0.25, -0.2) is 0 Å². The quantitative estimate of drug-likeness (QED) is 0.106. The SMILES string of the molecule is CCC/C=C(C)\C(=C/CCC)CCCCCCCC[P+](C1=CC=CCC=C1)(c1ccccc1)c1ccccc1. The number of unbranched alkanes of at least 4 members (excludes halogenated alkanes) is 7. The van der Waals surface area contributed by atoms with Gasteiger partial charge in [-0.1, -0.05) is 118 Å². The summed E-state index contributed by atoms with van der Waals surface area (Å²) in [7, 11) is -1.70. The van der Waals surface area contributed by atoms with E-state index in [9.17, 15) is 0 Å².